The molecule has 0 spiro atoms. The molecule has 0 bridgehead atoms. The number of anilines is 1. The Morgan fingerprint density at radius 3 is 3.06 bits per heavy atom. The number of hydrogen-bond acceptors (Lipinski definition) is 3. The average molecular weight is 220 g/mol. The van der Waals surface area contributed by atoms with Crippen LogP contribution in [0, 0.1) is 6.92 Å². The summed E-state index contributed by atoms with van der Waals surface area (Å²) < 4.78 is 5.20. The summed E-state index contributed by atoms with van der Waals surface area (Å²) in [5.74, 6) is -0.114. The van der Waals surface area contributed by atoms with Gasteiger partial charge in [-0.05, 0) is 25.0 Å². The zero-order chi connectivity index (χ0) is 11.5. The van der Waals surface area contributed by atoms with E-state index in [0.717, 1.165) is 12.0 Å². The zero-order valence-corrected chi connectivity index (χ0v) is 9.32. The standard InChI is InChI=1S/C12H16N2O2/c1-8-3-2-4-10(11(8)13)12(15)14-9-5-6-16-7-9/h2-4,9H,5-7,13H2,1H3,(H,14,15). The molecule has 1 heterocycles. The van der Waals surface area contributed by atoms with Crippen LogP contribution in [-0.4, -0.2) is 25.2 Å². The van der Waals surface area contributed by atoms with Crippen LogP contribution in [0.15, 0.2) is 18.2 Å². The largest absolute Gasteiger partial charge is 0.398 e. The third kappa shape index (κ3) is 2.17. The van der Waals surface area contributed by atoms with Crippen molar-refractivity contribution in [3.63, 3.8) is 0 Å². The highest BCUT2D eigenvalue weighted by atomic mass is 16.5. The van der Waals surface area contributed by atoms with Gasteiger partial charge in [-0.3, -0.25) is 4.79 Å². The van der Waals surface area contributed by atoms with E-state index in [4.69, 9.17) is 10.5 Å². The Kier molecular flexibility index (Phi) is 3.10. The van der Waals surface area contributed by atoms with E-state index in [9.17, 15) is 4.79 Å². The summed E-state index contributed by atoms with van der Waals surface area (Å²) in [7, 11) is 0. The molecule has 1 fully saturated rings. The van der Waals surface area contributed by atoms with Gasteiger partial charge in [-0.2, -0.15) is 0 Å². The van der Waals surface area contributed by atoms with E-state index in [1.165, 1.54) is 0 Å². The first-order chi connectivity index (χ1) is 7.68. The van der Waals surface area contributed by atoms with Gasteiger partial charge in [0.25, 0.3) is 5.91 Å². The van der Waals surface area contributed by atoms with Crippen molar-refractivity contribution in [1.82, 2.24) is 5.32 Å². The van der Waals surface area contributed by atoms with Gasteiger partial charge in [0.15, 0.2) is 0 Å². The maximum Gasteiger partial charge on any atom is 0.253 e. The maximum absolute atomic E-state index is 11.9. The molecular weight excluding hydrogens is 204 g/mol. The quantitative estimate of drug-likeness (QED) is 0.733. The Morgan fingerprint density at radius 2 is 2.38 bits per heavy atom. The van der Waals surface area contributed by atoms with Gasteiger partial charge in [0.1, 0.15) is 0 Å². The van der Waals surface area contributed by atoms with E-state index in [-0.39, 0.29) is 11.9 Å². The van der Waals surface area contributed by atoms with E-state index in [1.54, 1.807) is 6.07 Å². The molecule has 0 aromatic heterocycles. The number of amides is 1. The predicted molar refractivity (Wildman–Crippen MR) is 62.3 cm³/mol. The first-order valence-corrected chi connectivity index (χ1v) is 5.42. The maximum atomic E-state index is 11.9. The van der Waals surface area contributed by atoms with Crippen LogP contribution >= 0.6 is 0 Å². The van der Waals surface area contributed by atoms with Gasteiger partial charge >= 0.3 is 0 Å². The number of nitrogen functional groups attached to an aromatic ring is 1. The van der Waals surface area contributed by atoms with Crippen LogP contribution in [0.5, 0.6) is 0 Å². The van der Waals surface area contributed by atoms with Crippen molar-refractivity contribution in [1.29, 1.82) is 0 Å². The van der Waals surface area contributed by atoms with E-state index in [0.29, 0.717) is 24.5 Å². The van der Waals surface area contributed by atoms with Crippen LogP contribution in [0.4, 0.5) is 5.69 Å². The number of para-hydroxylation sites is 1. The molecule has 1 saturated heterocycles. The third-order valence-corrected chi connectivity index (χ3v) is 2.83. The SMILES string of the molecule is Cc1cccc(C(=O)NC2CCOC2)c1N. The van der Waals surface area contributed by atoms with Crippen molar-refractivity contribution in [3.8, 4) is 0 Å². The molecule has 0 radical (unpaired) electrons. The van der Waals surface area contributed by atoms with Gasteiger partial charge < -0.3 is 15.8 Å². The number of carbonyl (C=O) groups is 1. The summed E-state index contributed by atoms with van der Waals surface area (Å²) in [5, 5.41) is 2.92. The van der Waals surface area contributed by atoms with E-state index in [2.05, 4.69) is 5.32 Å². The van der Waals surface area contributed by atoms with Crippen molar-refractivity contribution in [2.45, 2.75) is 19.4 Å². The Balaban J connectivity index is 2.11. The molecule has 1 aliphatic heterocycles. The minimum atomic E-state index is -0.114. The summed E-state index contributed by atoms with van der Waals surface area (Å²) in [6, 6.07) is 5.59. The lowest BCUT2D eigenvalue weighted by Crippen LogP contribution is -2.35. The summed E-state index contributed by atoms with van der Waals surface area (Å²) >= 11 is 0. The van der Waals surface area contributed by atoms with E-state index in [1.807, 2.05) is 19.1 Å². The Morgan fingerprint density at radius 1 is 1.56 bits per heavy atom. The molecule has 1 aromatic carbocycles. The second-order valence-electron chi connectivity index (χ2n) is 4.07. The lowest BCUT2D eigenvalue weighted by Gasteiger charge is -2.12. The van der Waals surface area contributed by atoms with Crippen molar-refractivity contribution < 1.29 is 9.53 Å². The lowest BCUT2D eigenvalue weighted by atomic mass is 10.1. The Labute approximate surface area is 94.8 Å². The lowest BCUT2D eigenvalue weighted by molar-refractivity contribution is 0.0930. The molecule has 1 aromatic rings. The van der Waals surface area contributed by atoms with Gasteiger partial charge in [0.2, 0.25) is 0 Å². The normalized spacial score (nSPS) is 19.7. The molecule has 3 N–H and O–H groups in total. The molecule has 4 heteroatoms. The third-order valence-electron chi connectivity index (χ3n) is 2.83. The summed E-state index contributed by atoms with van der Waals surface area (Å²) in [4.78, 5) is 11.9. The van der Waals surface area contributed by atoms with Crippen molar-refractivity contribution in [3.05, 3.63) is 29.3 Å². The molecule has 86 valence electrons. The molecular formula is C12H16N2O2. The molecule has 16 heavy (non-hydrogen) atoms. The second kappa shape index (κ2) is 4.53. The second-order valence-corrected chi connectivity index (χ2v) is 4.07. The van der Waals surface area contributed by atoms with Gasteiger partial charge in [-0.25, -0.2) is 0 Å². The van der Waals surface area contributed by atoms with Crippen LogP contribution in [0.1, 0.15) is 22.3 Å². The highest BCUT2D eigenvalue weighted by molar-refractivity contribution is 5.99. The number of benzene rings is 1. The molecule has 0 aliphatic carbocycles. The fraction of sp³-hybridized carbons (Fsp3) is 0.417. The van der Waals surface area contributed by atoms with Crippen LogP contribution in [0.2, 0.25) is 0 Å². The molecule has 4 nitrogen and oxygen atoms in total. The molecule has 0 saturated carbocycles. The Bertz CT molecular complexity index is 398. The summed E-state index contributed by atoms with van der Waals surface area (Å²) in [5.41, 5.74) is 7.89. The van der Waals surface area contributed by atoms with Crippen molar-refractivity contribution in [2.75, 3.05) is 18.9 Å². The fourth-order valence-corrected chi connectivity index (χ4v) is 1.79. The monoisotopic (exact) mass is 220 g/mol. The highest BCUT2D eigenvalue weighted by Crippen LogP contribution is 2.16. The first kappa shape index (κ1) is 11.0. The summed E-state index contributed by atoms with van der Waals surface area (Å²) in [6.45, 7) is 3.20. The molecule has 1 unspecified atom stereocenters. The van der Waals surface area contributed by atoms with Gasteiger partial charge in [-0.1, -0.05) is 12.1 Å². The van der Waals surface area contributed by atoms with Gasteiger partial charge in [-0.15, -0.1) is 0 Å². The van der Waals surface area contributed by atoms with Crippen LogP contribution in [-0.2, 0) is 4.74 Å². The van der Waals surface area contributed by atoms with Crippen molar-refractivity contribution in [2.24, 2.45) is 0 Å². The topological polar surface area (TPSA) is 64.3 Å². The number of ether oxygens (including phenoxy) is 1. The van der Waals surface area contributed by atoms with Crippen molar-refractivity contribution >= 4 is 11.6 Å². The van der Waals surface area contributed by atoms with Gasteiger partial charge in [0, 0.05) is 12.3 Å². The molecule has 1 aliphatic rings. The van der Waals surface area contributed by atoms with Gasteiger partial charge in [0.05, 0.1) is 18.2 Å². The first-order valence-electron chi connectivity index (χ1n) is 5.42. The molecule has 1 atom stereocenters. The van der Waals surface area contributed by atoms with Crippen LogP contribution in [0.25, 0.3) is 0 Å². The highest BCUT2D eigenvalue weighted by Gasteiger charge is 2.19. The number of carbonyl (C=O) groups excluding carboxylic acids is 1. The van der Waals surface area contributed by atoms with Crippen LogP contribution in [0.3, 0.4) is 0 Å². The van der Waals surface area contributed by atoms with E-state index < -0.39 is 0 Å². The minimum Gasteiger partial charge on any atom is -0.398 e. The molecule has 2 rings (SSSR count). The fourth-order valence-electron chi connectivity index (χ4n) is 1.79. The van der Waals surface area contributed by atoms with Crippen LogP contribution < -0.4 is 11.1 Å². The number of hydrogen-bond donors (Lipinski definition) is 2. The smallest absolute Gasteiger partial charge is 0.253 e. The summed E-state index contributed by atoms with van der Waals surface area (Å²) in [6.07, 6.45) is 0.872. The van der Waals surface area contributed by atoms with E-state index >= 15 is 0 Å². The Hall–Kier alpha value is -1.55. The molecule has 1 amide bonds. The number of nitrogens with one attached hydrogen (secondary N) is 1. The number of rotatable bonds is 2. The predicted octanol–water partition coefficient (Wildman–Crippen LogP) is 1.10. The average Bonchev–Trinajstić information content (AvgIpc) is 2.74. The minimum absolute atomic E-state index is 0.114. The number of nitrogens with two attached hydrogens (primary N) is 1. The number of aryl methyl sites for hydroxylation is 1. The zero-order valence-electron chi connectivity index (χ0n) is 9.32.